The molecule has 0 aliphatic heterocycles. The SMILES string of the molecule is C/C=C/[C@@]1(C)CC[C@H]2[C@@H]3CCc4cc(OC5CCCC5)ccc4[C@H]3CC[C@@]21C. The van der Waals surface area contributed by atoms with E-state index in [1.54, 1.807) is 11.1 Å². The van der Waals surface area contributed by atoms with Crippen molar-refractivity contribution in [2.24, 2.45) is 22.7 Å². The summed E-state index contributed by atoms with van der Waals surface area (Å²) in [6, 6.07) is 7.13. The average molecular weight is 379 g/mol. The van der Waals surface area contributed by atoms with Gasteiger partial charge in [0.25, 0.3) is 0 Å². The molecule has 3 fully saturated rings. The standard InChI is InChI=1S/C27H38O/c1-4-15-26(2)16-14-25-24-11-9-19-18-21(28-20-7-5-6-8-20)10-12-22(19)23(24)13-17-27(25,26)3/h4,10,12,15,18,20,23-25H,5-9,11,13-14,16-17H2,1-3H3/b15-4+/t23-,24-,25+,26+,27+/m1/s1. The number of hydrogen-bond donors (Lipinski definition) is 0. The van der Waals surface area contributed by atoms with E-state index in [1.165, 1.54) is 64.2 Å². The summed E-state index contributed by atoms with van der Waals surface area (Å²) in [6.07, 6.45) is 18.7. The van der Waals surface area contributed by atoms with Gasteiger partial charge in [0.2, 0.25) is 0 Å². The van der Waals surface area contributed by atoms with Gasteiger partial charge in [0.15, 0.2) is 0 Å². The fourth-order valence-electron chi connectivity index (χ4n) is 7.77. The third kappa shape index (κ3) is 2.79. The lowest BCUT2D eigenvalue weighted by Gasteiger charge is -2.53. The molecule has 0 aromatic heterocycles. The Hall–Kier alpha value is -1.24. The number of ether oxygens (including phenoxy) is 1. The molecule has 0 unspecified atom stereocenters. The van der Waals surface area contributed by atoms with E-state index >= 15 is 0 Å². The lowest BCUT2D eigenvalue weighted by molar-refractivity contribution is 0.00471. The van der Waals surface area contributed by atoms with Crippen LogP contribution in [0.25, 0.3) is 0 Å². The highest BCUT2D eigenvalue weighted by Crippen LogP contribution is 2.67. The van der Waals surface area contributed by atoms with Crippen molar-refractivity contribution in [1.29, 1.82) is 0 Å². The Bertz CT molecular complexity index is 758. The van der Waals surface area contributed by atoms with Crippen LogP contribution in [0.3, 0.4) is 0 Å². The van der Waals surface area contributed by atoms with Crippen LogP contribution in [0.1, 0.15) is 95.6 Å². The van der Waals surface area contributed by atoms with Crippen LogP contribution in [0, 0.1) is 22.7 Å². The zero-order valence-electron chi connectivity index (χ0n) is 18.2. The summed E-state index contributed by atoms with van der Waals surface area (Å²) in [6.45, 7) is 7.36. The number of allylic oxidation sites excluding steroid dienone is 2. The summed E-state index contributed by atoms with van der Waals surface area (Å²) in [5.41, 5.74) is 4.15. The fraction of sp³-hybridized carbons (Fsp3) is 0.704. The fourth-order valence-corrected chi connectivity index (χ4v) is 7.77. The first-order valence-corrected chi connectivity index (χ1v) is 12.0. The third-order valence-electron chi connectivity index (χ3n) is 9.51. The zero-order valence-corrected chi connectivity index (χ0v) is 18.2. The Labute approximate surface area is 171 Å². The minimum Gasteiger partial charge on any atom is -0.490 e. The summed E-state index contributed by atoms with van der Waals surface area (Å²) < 4.78 is 6.31. The molecule has 28 heavy (non-hydrogen) atoms. The molecule has 1 aromatic rings. The molecular formula is C27H38O. The molecule has 0 saturated heterocycles. The first-order valence-electron chi connectivity index (χ1n) is 12.0. The third-order valence-corrected chi connectivity index (χ3v) is 9.51. The predicted molar refractivity (Wildman–Crippen MR) is 117 cm³/mol. The molecule has 0 radical (unpaired) electrons. The molecule has 0 N–H and O–H groups in total. The second kappa shape index (κ2) is 6.92. The van der Waals surface area contributed by atoms with E-state index in [1.807, 2.05) is 0 Å². The molecule has 5 atom stereocenters. The Kier molecular flexibility index (Phi) is 4.64. The molecule has 1 nitrogen and oxygen atoms in total. The smallest absolute Gasteiger partial charge is 0.120 e. The van der Waals surface area contributed by atoms with E-state index in [2.05, 4.69) is 51.1 Å². The summed E-state index contributed by atoms with van der Waals surface area (Å²) in [7, 11) is 0. The molecule has 5 rings (SSSR count). The minimum absolute atomic E-state index is 0.399. The molecule has 4 aliphatic rings. The highest BCUT2D eigenvalue weighted by molar-refractivity contribution is 5.41. The van der Waals surface area contributed by atoms with Gasteiger partial charge in [-0.15, -0.1) is 0 Å². The quantitative estimate of drug-likeness (QED) is 0.496. The van der Waals surface area contributed by atoms with Crippen molar-refractivity contribution < 1.29 is 4.74 Å². The van der Waals surface area contributed by atoms with Crippen molar-refractivity contribution in [3.63, 3.8) is 0 Å². The first-order chi connectivity index (χ1) is 13.5. The van der Waals surface area contributed by atoms with Gasteiger partial charge in [0.05, 0.1) is 6.10 Å². The molecule has 3 saturated carbocycles. The lowest BCUT2D eigenvalue weighted by Crippen LogP contribution is -2.45. The number of fused-ring (bicyclic) bond motifs is 5. The number of hydrogen-bond acceptors (Lipinski definition) is 1. The van der Waals surface area contributed by atoms with Crippen LogP contribution in [0.2, 0.25) is 0 Å². The van der Waals surface area contributed by atoms with Crippen LogP contribution in [0.5, 0.6) is 5.75 Å². The highest BCUT2D eigenvalue weighted by Gasteiger charge is 2.58. The maximum atomic E-state index is 6.31. The summed E-state index contributed by atoms with van der Waals surface area (Å²) in [4.78, 5) is 0. The van der Waals surface area contributed by atoms with E-state index in [4.69, 9.17) is 4.74 Å². The largest absolute Gasteiger partial charge is 0.490 e. The van der Waals surface area contributed by atoms with Crippen molar-refractivity contribution in [3.8, 4) is 5.75 Å². The predicted octanol–water partition coefficient (Wildman–Crippen LogP) is 7.45. The molecule has 0 spiro atoms. The van der Waals surface area contributed by atoms with Gasteiger partial charge in [-0.3, -0.25) is 0 Å². The van der Waals surface area contributed by atoms with Gasteiger partial charge in [-0.1, -0.05) is 32.1 Å². The maximum Gasteiger partial charge on any atom is 0.120 e. The number of rotatable bonds is 3. The number of benzene rings is 1. The van der Waals surface area contributed by atoms with Gasteiger partial charge in [0, 0.05) is 0 Å². The molecule has 4 aliphatic carbocycles. The van der Waals surface area contributed by atoms with E-state index in [0.29, 0.717) is 16.9 Å². The van der Waals surface area contributed by atoms with Crippen LogP contribution in [0.15, 0.2) is 30.4 Å². The summed E-state index contributed by atoms with van der Waals surface area (Å²) in [5, 5.41) is 0. The summed E-state index contributed by atoms with van der Waals surface area (Å²) in [5.74, 6) is 3.71. The molecule has 0 amide bonds. The number of aryl methyl sites for hydroxylation is 1. The summed E-state index contributed by atoms with van der Waals surface area (Å²) >= 11 is 0. The van der Waals surface area contributed by atoms with E-state index < -0.39 is 0 Å². The second-order valence-corrected chi connectivity index (χ2v) is 10.7. The van der Waals surface area contributed by atoms with Crippen molar-refractivity contribution in [2.45, 2.75) is 97.0 Å². The van der Waals surface area contributed by atoms with Crippen LogP contribution in [-0.4, -0.2) is 6.10 Å². The first kappa shape index (κ1) is 18.8. The second-order valence-electron chi connectivity index (χ2n) is 10.7. The Balaban J connectivity index is 1.39. The Morgan fingerprint density at radius 2 is 1.82 bits per heavy atom. The lowest BCUT2D eigenvalue weighted by atomic mass is 9.51. The molecule has 0 bridgehead atoms. The molecule has 0 heterocycles. The molecule has 1 aromatic carbocycles. The zero-order chi connectivity index (χ0) is 19.4. The topological polar surface area (TPSA) is 9.23 Å². The normalized spacial score (nSPS) is 40.3. The van der Waals surface area contributed by atoms with Gasteiger partial charge in [-0.05, 0) is 123 Å². The average Bonchev–Trinajstić information content (AvgIpc) is 3.28. The molecule has 152 valence electrons. The van der Waals surface area contributed by atoms with E-state index in [-0.39, 0.29) is 0 Å². The van der Waals surface area contributed by atoms with Gasteiger partial charge >= 0.3 is 0 Å². The van der Waals surface area contributed by atoms with Crippen molar-refractivity contribution in [2.75, 3.05) is 0 Å². The van der Waals surface area contributed by atoms with Crippen molar-refractivity contribution in [1.82, 2.24) is 0 Å². The Morgan fingerprint density at radius 1 is 1.00 bits per heavy atom. The maximum absolute atomic E-state index is 6.31. The molecule has 1 heteroatoms. The van der Waals surface area contributed by atoms with Gasteiger partial charge in [0.1, 0.15) is 5.75 Å². The minimum atomic E-state index is 0.399. The van der Waals surface area contributed by atoms with Crippen molar-refractivity contribution in [3.05, 3.63) is 41.5 Å². The van der Waals surface area contributed by atoms with Gasteiger partial charge in [-0.25, -0.2) is 0 Å². The molecular weight excluding hydrogens is 340 g/mol. The van der Waals surface area contributed by atoms with Crippen LogP contribution in [-0.2, 0) is 6.42 Å². The van der Waals surface area contributed by atoms with E-state index in [0.717, 1.165) is 23.5 Å². The monoisotopic (exact) mass is 378 g/mol. The van der Waals surface area contributed by atoms with Crippen LogP contribution >= 0.6 is 0 Å². The van der Waals surface area contributed by atoms with Gasteiger partial charge < -0.3 is 4.74 Å². The van der Waals surface area contributed by atoms with Crippen LogP contribution < -0.4 is 4.74 Å². The highest BCUT2D eigenvalue weighted by atomic mass is 16.5. The Morgan fingerprint density at radius 3 is 2.61 bits per heavy atom. The van der Waals surface area contributed by atoms with E-state index in [9.17, 15) is 0 Å². The van der Waals surface area contributed by atoms with Gasteiger partial charge in [-0.2, -0.15) is 0 Å². The van der Waals surface area contributed by atoms with Crippen molar-refractivity contribution >= 4 is 0 Å². The van der Waals surface area contributed by atoms with Crippen LogP contribution in [0.4, 0.5) is 0 Å².